The minimum absolute atomic E-state index is 0.0979. The molecule has 0 amide bonds. The van der Waals surface area contributed by atoms with E-state index in [1.54, 1.807) is 7.11 Å². The van der Waals surface area contributed by atoms with E-state index >= 15 is 0 Å². The van der Waals surface area contributed by atoms with Crippen LogP contribution in [0.5, 0.6) is 0 Å². The van der Waals surface area contributed by atoms with Crippen LogP contribution in [0.15, 0.2) is 30.6 Å². The molecule has 1 aliphatic rings. The molecule has 0 saturated heterocycles. The Morgan fingerprint density at radius 2 is 2.03 bits per heavy atom. The third-order valence-corrected chi connectivity index (χ3v) is 5.81. The number of hydrogen-bond donors (Lipinski definition) is 1. The third kappa shape index (κ3) is 4.24. The zero-order valence-corrected chi connectivity index (χ0v) is 17.2. The molecule has 0 aliphatic heterocycles. The number of nitrogens with zero attached hydrogens (tertiary/aromatic N) is 4. The molecule has 0 aromatic carbocycles. The number of methoxy groups -OCH3 is 1. The van der Waals surface area contributed by atoms with Gasteiger partial charge in [0.1, 0.15) is 0 Å². The molecule has 1 fully saturated rings. The lowest BCUT2D eigenvalue weighted by Gasteiger charge is -2.25. The van der Waals surface area contributed by atoms with Gasteiger partial charge in [0.25, 0.3) is 0 Å². The molecule has 1 N–H and O–H groups in total. The predicted octanol–water partition coefficient (Wildman–Crippen LogP) is 4.67. The lowest BCUT2D eigenvalue weighted by atomic mass is 9.81. The molecule has 154 valence electrons. The first-order chi connectivity index (χ1) is 14.0. The number of nitrogens with one attached hydrogen (secondary N) is 1. The van der Waals surface area contributed by atoms with Gasteiger partial charge in [-0.1, -0.05) is 19.8 Å². The summed E-state index contributed by atoms with van der Waals surface area (Å²) in [5, 5.41) is 8.08. The van der Waals surface area contributed by atoms with Crippen LogP contribution >= 0.6 is 0 Å². The van der Waals surface area contributed by atoms with E-state index in [1.807, 2.05) is 23.7 Å². The molecule has 0 unspecified atom stereocenters. The smallest absolute Gasteiger partial charge is 0.241 e. The summed E-state index contributed by atoms with van der Waals surface area (Å²) in [4.78, 5) is 8.19. The van der Waals surface area contributed by atoms with E-state index in [1.165, 1.54) is 30.8 Å². The zero-order valence-electron chi connectivity index (χ0n) is 17.2. The summed E-state index contributed by atoms with van der Waals surface area (Å²) in [6.07, 6.45) is 8.04. The summed E-state index contributed by atoms with van der Waals surface area (Å²) in [5.74, 6) is 1.30. The largest absolute Gasteiger partial charge is 0.383 e. The van der Waals surface area contributed by atoms with Crippen LogP contribution in [0.2, 0.25) is 0 Å². The molecule has 3 heterocycles. The van der Waals surface area contributed by atoms with Gasteiger partial charge in [0.2, 0.25) is 11.9 Å². The van der Waals surface area contributed by atoms with Crippen molar-refractivity contribution in [1.29, 1.82) is 0 Å². The molecule has 0 spiro atoms. The normalized spacial score (nSPS) is 20.7. The minimum Gasteiger partial charge on any atom is -0.383 e. The second-order valence-electron chi connectivity index (χ2n) is 8.19. The second kappa shape index (κ2) is 8.45. The molecule has 7 heteroatoms. The number of pyridine rings is 1. The highest BCUT2D eigenvalue weighted by Crippen LogP contribution is 2.39. The first-order valence-corrected chi connectivity index (χ1v) is 10.3. The van der Waals surface area contributed by atoms with Crippen molar-refractivity contribution in [3.05, 3.63) is 42.2 Å². The van der Waals surface area contributed by atoms with Gasteiger partial charge in [0.15, 0.2) is 0 Å². The molecule has 1 saturated carbocycles. The zero-order chi connectivity index (χ0) is 20.4. The molecular formula is C22H28FN5O. The van der Waals surface area contributed by atoms with Crippen LogP contribution in [-0.4, -0.2) is 39.3 Å². The maximum Gasteiger partial charge on any atom is 0.241 e. The quantitative estimate of drug-likeness (QED) is 0.612. The Bertz CT molecular complexity index is 980. The van der Waals surface area contributed by atoms with Crippen LogP contribution in [0.3, 0.4) is 0 Å². The maximum atomic E-state index is 13.8. The van der Waals surface area contributed by atoms with Gasteiger partial charge < -0.3 is 10.1 Å². The average Bonchev–Trinajstić information content (AvgIpc) is 3.08. The van der Waals surface area contributed by atoms with Crippen molar-refractivity contribution in [2.24, 2.45) is 5.92 Å². The molecule has 1 atom stereocenters. The first-order valence-electron chi connectivity index (χ1n) is 10.3. The number of anilines is 1. The van der Waals surface area contributed by atoms with Crippen molar-refractivity contribution in [3.8, 4) is 11.1 Å². The summed E-state index contributed by atoms with van der Waals surface area (Å²) in [6.45, 7) is 4.92. The summed E-state index contributed by atoms with van der Waals surface area (Å²) < 4.78 is 21.0. The number of rotatable bonds is 6. The summed E-state index contributed by atoms with van der Waals surface area (Å²) in [5.41, 5.74) is 3.79. The van der Waals surface area contributed by atoms with Crippen LogP contribution < -0.4 is 5.32 Å². The number of aromatic nitrogens is 4. The minimum atomic E-state index is -0.484. The molecule has 1 aliphatic carbocycles. The lowest BCUT2D eigenvalue weighted by molar-refractivity contribution is 0.190. The molecule has 4 rings (SSSR count). The second-order valence-corrected chi connectivity index (χ2v) is 8.19. The van der Waals surface area contributed by atoms with Crippen LogP contribution in [0.25, 0.3) is 16.6 Å². The summed E-state index contributed by atoms with van der Waals surface area (Å²) in [7, 11) is 1.68. The molecule has 29 heavy (non-hydrogen) atoms. The Labute approximate surface area is 170 Å². The van der Waals surface area contributed by atoms with E-state index in [2.05, 4.69) is 28.3 Å². The third-order valence-electron chi connectivity index (χ3n) is 5.81. The fraction of sp³-hybridized carbons (Fsp3) is 0.500. The van der Waals surface area contributed by atoms with Gasteiger partial charge in [-0.15, -0.1) is 5.10 Å². The van der Waals surface area contributed by atoms with Gasteiger partial charge >= 0.3 is 0 Å². The van der Waals surface area contributed by atoms with Gasteiger partial charge in [-0.25, -0.2) is 14.5 Å². The standard InChI is InChI=1S/C22H28FN5O/c1-14-4-6-16(7-5-14)19-11-18(17-8-9-24-21(23)10-17)20-12-25-22(27-28(19)20)26-15(2)13-29-3/h8-12,14-16H,4-7,13H2,1-3H3,(H,26,27)/t14?,15-,16?/m0/s1. The van der Waals surface area contributed by atoms with Crippen molar-refractivity contribution in [1.82, 2.24) is 19.6 Å². The van der Waals surface area contributed by atoms with Gasteiger partial charge in [-0.05, 0) is 43.4 Å². The van der Waals surface area contributed by atoms with Crippen LogP contribution in [-0.2, 0) is 4.74 Å². The van der Waals surface area contributed by atoms with E-state index in [9.17, 15) is 4.39 Å². The number of hydrogen-bond acceptors (Lipinski definition) is 5. The van der Waals surface area contributed by atoms with Crippen LogP contribution in [0.1, 0.15) is 51.1 Å². The highest BCUT2D eigenvalue weighted by atomic mass is 19.1. The van der Waals surface area contributed by atoms with Crippen LogP contribution in [0, 0.1) is 11.9 Å². The van der Waals surface area contributed by atoms with Gasteiger partial charge in [-0.2, -0.15) is 4.39 Å². The highest BCUT2D eigenvalue weighted by Gasteiger charge is 2.25. The Morgan fingerprint density at radius 1 is 1.24 bits per heavy atom. The molecule has 0 bridgehead atoms. The van der Waals surface area contributed by atoms with Crippen molar-refractivity contribution >= 4 is 11.5 Å². The predicted molar refractivity (Wildman–Crippen MR) is 112 cm³/mol. The van der Waals surface area contributed by atoms with E-state index in [0.29, 0.717) is 18.5 Å². The number of halogens is 1. The molecule has 3 aromatic rings. The van der Waals surface area contributed by atoms with Gasteiger partial charge in [0, 0.05) is 42.6 Å². The average molecular weight is 397 g/mol. The number of ether oxygens (including phenoxy) is 1. The van der Waals surface area contributed by atoms with Crippen LogP contribution in [0.4, 0.5) is 10.3 Å². The Morgan fingerprint density at radius 3 is 2.76 bits per heavy atom. The number of fused-ring (bicyclic) bond motifs is 1. The SMILES string of the molecule is COC[C@H](C)Nc1ncc2c(-c3ccnc(F)c3)cc(C3CCC(C)CC3)n2n1. The van der Waals surface area contributed by atoms with Crippen molar-refractivity contribution in [2.75, 3.05) is 19.0 Å². The van der Waals surface area contributed by atoms with Gasteiger partial charge in [0.05, 0.1) is 18.3 Å². The van der Waals surface area contributed by atoms with E-state index in [0.717, 1.165) is 35.4 Å². The van der Waals surface area contributed by atoms with Crippen molar-refractivity contribution in [2.45, 2.75) is 51.5 Å². The summed E-state index contributed by atoms with van der Waals surface area (Å²) >= 11 is 0. The first kappa shape index (κ1) is 19.8. The molecule has 3 aromatic heterocycles. The topological polar surface area (TPSA) is 64.3 Å². The maximum absolute atomic E-state index is 13.8. The van der Waals surface area contributed by atoms with E-state index < -0.39 is 5.95 Å². The van der Waals surface area contributed by atoms with Gasteiger partial charge in [-0.3, -0.25) is 0 Å². The highest BCUT2D eigenvalue weighted by molar-refractivity contribution is 5.81. The monoisotopic (exact) mass is 397 g/mol. The molecule has 0 radical (unpaired) electrons. The fourth-order valence-electron chi connectivity index (χ4n) is 4.24. The Balaban J connectivity index is 1.78. The molecule has 6 nitrogen and oxygen atoms in total. The fourth-order valence-corrected chi connectivity index (χ4v) is 4.24. The lowest BCUT2D eigenvalue weighted by Crippen LogP contribution is -2.23. The van der Waals surface area contributed by atoms with Crippen molar-refractivity contribution < 1.29 is 9.13 Å². The molecular weight excluding hydrogens is 369 g/mol. The van der Waals surface area contributed by atoms with Crippen molar-refractivity contribution in [3.63, 3.8) is 0 Å². The Hall–Kier alpha value is -2.54. The van der Waals surface area contributed by atoms with E-state index in [-0.39, 0.29) is 6.04 Å². The van der Waals surface area contributed by atoms with E-state index in [4.69, 9.17) is 9.84 Å². The Kier molecular flexibility index (Phi) is 5.76. The summed E-state index contributed by atoms with van der Waals surface area (Å²) in [6, 6.07) is 5.55.